The summed E-state index contributed by atoms with van der Waals surface area (Å²) in [5.41, 5.74) is 2.06. The predicted octanol–water partition coefficient (Wildman–Crippen LogP) is 3.59. The van der Waals surface area contributed by atoms with Crippen molar-refractivity contribution in [3.8, 4) is 5.69 Å². The lowest BCUT2D eigenvalue weighted by Gasteiger charge is -2.24. The van der Waals surface area contributed by atoms with E-state index in [-0.39, 0.29) is 5.82 Å². The van der Waals surface area contributed by atoms with Crippen LogP contribution in [0.2, 0.25) is 0 Å². The molecule has 0 amide bonds. The van der Waals surface area contributed by atoms with E-state index in [4.69, 9.17) is 0 Å². The number of rotatable bonds is 2. The van der Waals surface area contributed by atoms with Crippen molar-refractivity contribution in [1.29, 1.82) is 0 Å². The standard InChI is InChI=1S/C14H15BrFN3/c15-11-7-10(4-5-12(11)16)19-9-17-8-14(19)13-3-1-2-6-18-13/h4-5,7-9,13,18H,1-3,6H2. The van der Waals surface area contributed by atoms with Crippen LogP contribution in [-0.4, -0.2) is 16.1 Å². The summed E-state index contributed by atoms with van der Waals surface area (Å²) in [5, 5.41) is 3.51. The van der Waals surface area contributed by atoms with Crippen molar-refractivity contribution < 1.29 is 4.39 Å². The van der Waals surface area contributed by atoms with Crippen molar-refractivity contribution >= 4 is 15.9 Å². The zero-order chi connectivity index (χ0) is 13.2. The van der Waals surface area contributed by atoms with Crippen molar-refractivity contribution in [3.05, 3.63) is 46.7 Å². The second-order valence-electron chi connectivity index (χ2n) is 4.79. The van der Waals surface area contributed by atoms with E-state index in [1.54, 1.807) is 18.5 Å². The Hall–Kier alpha value is -1.20. The predicted molar refractivity (Wildman–Crippen MR) is 75.8 cm³/mol. The van der Waals surface area contributed by atoms with E-state index in [1.165, 1.54) is 18.9 Å². The maximum atomic E-state index is 13.3. The molecule has 1 aromatic heterocycles. The first-order valence-corrected chi connectivity index (χ1v) is 7.26. The lowest BCUT2D eigenvalue weighted by Crippen LogP contribution is -2.28. The molecule has 100 valence electrons. The van der Waals surface area contributed by atoms with Gasteiger partial charge in [-0.1, -0.05) is 6.42 Å². The maximum Gasteiger partial charge on any atom is 0.137 e. The Kier molecular flexibility index (Phi) is 3.66. The van der Waals surface area contributed by atoms with Crippen LogP contribution in [0.3, 0.4) is 0 Å². The quantitative estimate of drug-likeness (QED) is 0.915. The number of nitrogens with zero attached hydrogens (tertiary/aromatic N) is 2. The third-order valence-corrected chi connectivity index (χ3v) is 4.12. The second kappa shape index (κ2) is 5.43. The minimum Gasteiger partial charge on any atom is -0.309 e. The molecule has 2 heterocycles. The van der Waals surface area contributed by atoms with Crippen LogP contribution in [0.25, 0.3) is 5.69 Å². The number of hydrogen-bond acceptors (Lipinski definition) is 2. The summed E-state index contributed by atoms with van der Waals surface area (Å²) in [6.07, 6.45) is 7.25. The molecule has 0 spiro atoms. The summed E-state index contributed by atoms with van der Waals surface area (Å²) in [4.78, 5) is 4.24. The number of imidazole rings is 1. The van der Waals surface area contributed by atoms with Gasteiger partial charge in [-0.05, 0) is 53.5 Å². The van der Waals surface area contributed by atoms with Crippen molar-refractivity contribution in [2.75, 3.05) is 6.54 Å². The van der Waals surface area contributed by atoms with Crippen LogP contribution < -0.4 is 5.32 Å². The molecule has 1 fully saturated rings. The number of piperidine rings is 1. The second-order valence-corrected chi connectivity index (χ2v) is 5.64. The molecule has 1 aromatic carbocycles. The van der Waals surface area contributed by atoms with Crippen LogP contribution in [-0.2, 0) is 0 Å². The fourth-order valence-corrected chi connectivity index (χ4v) is 2.88. The van der Waals surface area contributed by atoms with E-state index in [9.17, 15) is 4.39 Å². The summed E-state index contributed by atoms with van der Waals surface area (Å²) >= 11 is 3.23. The highest BCUT2D eigenvalue weighted by atomic mass is 79.9. The van der Waals surface area contributed by atoms with Crippen molar-refractivity contribution in [2.24, 2.45) is 0 Å². The van der Waals surface area contributed by atoms with Crippen molar-refractivity contribution in [3.63, 3.8) is 0 Å². The van der Waals surface area contributed by atoms with Crippen molar-refractivity contribution in [2.45, 2.75) is 25.3 Å². The highest BCUT2D eigenvalue weighted by molar-refractivity contribution is 9.10. The normalized spacial score (nSPS) is 19.6. The molecule has 1 aliphatic rings. The number of benzene rings is 1. The Bertz CT molecular complexity index is 576. The van der Waals surface area contributed by atoms with Gasteiger partial charge in [0.05, 0.1) is 22.7 Å². The molecule has 0 aliphatic carbocycles. The van der Waals surface area contributed by atoms with Gasteiger partial charge in [-0.15, -0.1) is 0 Å². The largest absolute Gasteiger partial charge is 0.309 e. The monoisotopic (exact) mass is 323 g/mol. The fraction of sp³-hybridized carbons (Fsp3) is 0.357. The van der Waals surface area contributed by atoms with Crippen LogP contribution in [0.5, 0.6) is 0 Å². The van der Waals surface area contributed by atoms with Gasteiger partial charge in [0.15, 0.2) is 0 Å². The first-order chi connectivity index (χ1) is 9.25. The van der Waals surface area contributed by atoms with Gasteiger partial charge in [0.2, 0.25) is 0 Å². The fourth-order valence-electron chi connectivity index (χ4n) is 2.52. The number of hydrogen-bond donors (Lipinski definition) is 1. The molecule has 1 unspecified atom stereocenters. The summed E-state index contributed by atoms with van der Waals surface area (Å²) in [6, 6.07) is 5.36. The molecule has 1 aliphatic heterocycles. The summed E-state index contributed by atoms with van der Waals surface area (Å²) < 4.78 is 15.8. The Morgan fingerprint density at radius 2 is 2.26 bits per heavy atom. The maximum absolute atomic E-state index is 13.3. The van der Waals surface area contributed by atoms with Gasteiger partial charge >= 0.3 is 0 Å². The zero-order valence-electron chi connectivity index (χ0n) is 10.4. The first kappa shape index (κ1) is 12.8. The van der Waals surface area contributed by atoms with Crippen molar-refractivity contribution in [1.82, 2.24) is 14.9 Å². The Balaban J connectivity index is 1.96. The Morgan fingerprint density at radius 1 is 1.37 bits per heavy atom. The van der Waals surface area contributed by atoms with E-state index in [1.807, 2.05) is 10.8 Å². The highest BCUT2D eigenvalue weighted by Crippen LogP contribution is 2.26. The molecular formula is C14H15BrFN3. The number of halogens is 2. The number of aromatic nitrogens is 2. The molecule has 19 heavy (non-hydrogen) atoms. The van der Waals surface area contributed by atoms with Gasteiger partial charge < -0.3 is 9.88 Å². The first-order valence-electron chi connectivity index (χ1n) is 6.47. The molecule has 1 N–H and O–H groups in total. The minimum absolute atomic E-state index is 0.249. The average molecular weight is 324 g/mol. The zero-order valence-corrected chi connectivity index (χ0v) is 12.0. The molecule has 0 saturated carbocycles. The van der Waals surface area contributed by atoms with Gasteiger partial charge in [-0.3, -0.25) is 0 Å². The molecule has 1 atom stereocenters. The topological polar surface area (TPSA) is 29.9 Å². The smallest absolute Gasteiger partial charge is 0.137 e. The van der Waals surface area contributed by atoms with Gasteiger partial charge in [0.1, 0.15) is 5.82 Å². The molecule has 0 bridgehead atoms. The summed E-state index contributed by atoms with van der Waals surface area (Å²) in [6.45, 7) is 1.04. The molecular weight excluding hydrogens is 309 g/mol. The third-order valence-electron chi connectivity index (χ3n) is 3.52. The van der Waals surface area contributed by atoms with E-state index in [0.29, 0.717) is 10.5 Å². The van der Waals surface area contributed by atoms with Crippen LogP contribution in [0.15, 0.2) is 35.2 Å². The molecule has 0 radical (unpaired) electrons. The lowest BCUT2D eigenvalue weighted by molar-refractivity contribution is 0.402. The lowest BCUT2D eigenvalue weighted by atomic mass is 10.0. The molecule has 3 rings (SSSR count). The molecule has 5 heteroatoms. The van der Waals surface area contributed by atoms with Gasteiger partial charge in [-0.2, -0.15) is 0 Å². The van der Waals surface area contributed by atoms with E-state index in [2.05, 4.69) is 26.2 Å². The number of nitrogens with one attached hydrogen (secondary N) is 1. The van der Waals surface area contributed by atoms with Gasteiger partial charge in [0.25, 0.3) is 0 Å². The third kappa shape index (κ3) is 2.58. The Morgan fingerprint density at radius 3 is 3.00 bits per heavy atom. The van der Waals surface area contributed by atoms with Crippen LogP contribution in [0, 0.1) is 5.82 Å². The average Bonchev–Trinajstić information content (AvgIpc) is 2.92. The van der Waals surface area contributed by atoms with Gasteiger partial charge in [-0.25, -0.2) is 9.37 Å². The molecule has 3 nitrogen and oxygen atoms in total. The highest BCUT2D eigenvalue weighted by Gasteiger charge is 2.19. The van der Waals surface area contributed by atoms with Gasteiger partial charge in [0, 0.05) is 11.7 Å². The SMILES string of the molecule is Fc1ccc(-n2cncc2C2CCCCN2)cc1Br. The van der Waals surface area contributed by atoms with Crippen LogP contribution in [0.4, 0.5) is 4.39 Å². The van der Waals surface area contributed by atoms with E-state index in [0.717, 1.165) is 24.3 Å². The minimum atomic E-state index is -0.249. The van der Waals surface area contributed by atoms with E-state index < -0.39 is 0 Å². The van der Waals surface area contributed by atoms with E-state index >= 15 is 0 Å². The molecule has 2 aromatic rings. The Labute approximate surface area is 120 Å². The summed E-state index contributed by atoms with van der Waals surface area (Å²) in [7, 11) is 0. The molecule has 1 saturated heterocycles. The van der Waals surface area contributed by atoms with Crippen LogP contribution >= 0.6 is 15.9 Å². The summed E-state index contributed by atoms with van der Waals surface area (Å²) in [5.74, 6) is -0.249. The van der Waals surface area contributed by atoms with Crippen LogP contribution in [0.1, 0.15) is 31.0 Å².